The lowest BCUT2D eigenvalue weighted by Gasteiger charge is -2.14. The molecule has 1 aliphatic heterocycles. The van der Waals surface area contributed by atoms with E-state index in [1.165, 1.54) is 0 Å². The molecule has 10 heavy (non-hydrogen) atoms. The third-order valence-corrected chi connectivity index (χ3v) is 1.56. The number of rotatable bonds is 1. The molecule has 0 atom stereocenters. The Morgan fingerprint density at radius 3 is 2.90 bits per heavy atom. The average molecular weight is 140 g/mol. The number of carbonyl (C=O) groups excluding carboxylic acids is 1. The van der Waals surface area contributed by atoms with Crippen LogP contribution in [0.2, 0.25) is 0 Å². The smallest absolute Gasteiger partial charge is 0.286 e. The number of carbonyl (C=O) groups is 1. The van der Waals surface area contributed by atoms with Crippen molar-refractivity contribution in [3.8, 4) is 0 Å². The minimum Gasteiger partial charge on any atom is -0.503 e. The van der Waals surface area contributed by atoms with Crippen molar-refractivity contribution in [1.82, 2.24) is 5.32 Å². The Kier molecular flexibility index (Phi) is 1.94. The topological polar surface area (TPSA) is 49.3 Å². The van der Waals surface area contributed by atoms with Crippen LogP contribution in [-0.4, -0.2) is 17.6 Å². The fraction of sp³-hybridized carbons (Fsp3) is 0.429. The van der Waals surface area contributed by atoms with Gasteiger partial charge in [-0.2, -0.15) is 0 Å². The summed E-state index contributed by atoms with van der Waals surface area (Å²) in [6.07, 6.45) is 1.24. The van der Waals surface area contributed by atoms with E-state index in [2.05, 4.69) is 12.2 Å². The Balaban J connectivity index is 2.82. The molecule has 0 fully saturated rings. The van der Waals surface area contributed by atoms with Gasteiger partial charge in [0.2, 0.25) is 0 Å². The first-order valence-electron chi connectivity index (χ1n) is 3.24. The molecule has 0 aromatic heterocycles. The van der Waals surface area contributed by atoms with Crippen LogP contribution in [0.25, 0.3) is 0 Å². The van der Waals surface area contributed by atoms with Crippen LogP contribution in [-0.2, 0) is 4.79 Å². The SMILES string of the molecule is [CH2]CC1=C(O)C(=O)NCC1. The monoisotopic (exact) mass is 140 g/mol. The Hall–Kier alpha value is -0.990. The summed E-state index contributed by atoms with van der Waals surface area (Å²) < 4.78 is 0. The fourth-order valence-electron chi connectivity index (χ4n) is 0.933. The first-order valence-corrected chi connectivity index (χ1v) is 3.24. The molecule has 2 N–H and O–H groups in total. The molecule has 0 bridgehead atoms. The summed E-state index contributed by atoms with van der Waals surface area (Å²) in [4.78, 5) is 10.7. The lowest BCUT2D eigenvalue weighted by atomic mass is 10.1. The van der Waals surface area contributed by atoms with E-state index in [-0.39, 0.29) is 11.7 Å². The van der Waals surface area contributed by atoms with Crippen molar-refractivity contribution in [2.24, 2.45) is 0 Å². The van der Waals surface area contributed by atoms with Crippen LogP contribution in [0, 0.1) is 6.92 Å². The molecule has 0 aliphatic carbocycles. The van der Waals surface area contributed by atoms with E-state index < -0.39 is 0 Å². The standard InChI is InChI=1S/C7H10NO2/c1-2-5-3-4-8-7(10)6(5)9/h9H,1-4H2,(H,8,10). The highest BCUT2D eigenvalue weighted by Crippen LogP contribution is 2.13. The van der Waals surface area contributed by atoms with Crippen molar-refractivity contribution in [3.05, 3.63) is 18.3 Å². The number of hydrogen-bond acceptors (Lipinski definition) is 2. The van der Waals surface area contributed by atoms with Gasteiger partial charge in [-0.3, -0.25) is 4.79 Å². The Morgan fingerprint density at radius 2 is 2.40 bits per heavy atom. The van der Waals surface area contributed by atoms with Gasteiger partial charge in [-0.15, -0.1) is 0 Å². The van der Waals surface area contributed by atoms with Crippen molar-refractivity contribution in [3.63, 3.8) is 0 Å². The zero-order valence-electron chi connectivity index (χ0n) is 5.68. The largest absolute Gasteiger partial charge is 0.503 e. The molecule has 0 saturated heterocycles. The maximum Gasteiger partial charge on any atom is 0.286 e. The van der Waals surface area contributed by atoms with E-state index >= 15 is 0 Å². The third-order valence-electron chi connectivity index (χ3n) is 1.56. The molecule has 3 nitrogen and oxygen atoms in total. The van der Waals surface area contributed by atoms with E-state index in [0.717, 1.165) is 12.0 Å². The van der Waals surface area contributed by atoms with Crippen LogP contribution in [0.5, 0.6) is 0 Å². The first kappa shape index (κ1) is 7.12. The lowest BCUT2D eigenvalue weighted by molar-refractivity contribution is -0.120. The predicted molar refractivity (Wildman–Crippen MR) is 37.3 cm³/mol. The zero-order valence-corrected chi connectivity index (χ0v) is 5.68. The van der Waals surface area contributed by atoms with Crippen LogP contribution in [0.15, 0.2) is 11.3 Å². The van der Waals surface area contributed by atoms with Crippen molar-refractivity contribution >= 4 is 5.91 Å². The normalized spacial score (nSPS) is 19.1. The average Bonchev–Trinajstić information content (AvgIpc) is 1.95. The van der Waals surface area contributed by atoms with E-state index in [9.17, 15) is 4.79 Å². The van der Waals surface area contributed by atoms with Crippen LogP contribution in [0.1, 0.15) is 12.8 Å². The zero-order chi connectivity index (χ0) is 7.56. The quantitative estimate of drug-likeness (QED) is 0.558. The Labute approximate surface area is 59.7 Å². The van der Waals surface area contributed by atoms with Gasteiger partial charge in [0, 0.05) is 6.54 Å². The number of hydrogen-bond donors (Lipinski definition) is 2. The Morgan fingerprint density at radius 1 is 1.70 bits per heavy atom. The molecule has 1 radical (unpaired) electrons. The summed E-state index contributed by atoms with van der Waals surface area (Å²) in [5.74, 6) is -0.508. The highest BCUT2D eigenvalue weighted by molar-refractivity contribution is 5.92. The molecule has 0 spiro atoms. The number of aliphatic hydroxyl groups excluding tert-OH is 1. The van der Waals surface area contributed by atoms with Crippen LogP contribution < -0.4 is 5.32 Å². The molecule has 0 aromatic rings. The number of amides is 1. The highest BCUT2D eigenvalue weighted by atomic mass is 16.3. The van der Waals surface area contributed by atoms with Gasteiger partial charge in [0.15, 0.2) is 5.76 Å². The summed E-state index contributed by atoms with van der Waals surface area (Å²) in [7, 11) is 0. The highest BCUT2D eigenvalue weighted by Gasteiger charge is 2.16. The van der Waals surface area contributed by atoms with Gasteiger partial charge in [0.25, 0.3) is 5.91 Å². The summed E-state index contributed by atoms with van der Waals surface area (Å²) >= 11 is 0. The molecule has 55 valence electrons. The molecule has 3 heteroatoms. The summed E-state index contributed by atoms with van der Waals surface area (Å²) in [6.45, 7) is 4.22. The van der Waals surface area contributed by atoms with Crippen molar-refractivity contribution in [1.29, 1.82) is 0 Å². The second-order valence-corrected chi connectivity index (χ2v) is 2.21. The minimum absolute atomic E-state index is 0.138. The molecule has 1 heterocycles. The Bertz CT molecular complexity index is 184. The van der Waals surface area contributed by atoms with E-state index in [1.807, 2.05) is 0 Å². The van der Waals surface area contributed by atoms with Gasteiger partial charge in [-0.1, -0.05) is 0 Å². The summed E-state index contributed by atoms with van der Waals surface area (Å²) in [5, 5.41) is 11.6. The van der Waals surface area contributed by atoms with Gasteiger partial charge in [-0.25, -0.2) is 0 Å². The van der Waals surface area contributed by atoms with Crippen LogP contribution >= 0.6 is 0 Å². The van der Waals surface area contributed by atoms with Crippen molar-refractivity contribution in [2.75, 3.05) is 6.54 Å². The van der Waals surface area contributed by atoms with E-state index in [4.69, 9.17) is 5.11 Å². The fourth-order valence-corrected chi connectivity index (χ4v) is 0.933. The second-order valence-electron chi connectivity index (χ2n) is 2.21. The minimum atomic E-state index is -0.370. The molecule has 1 rings (SSSR count). The number of nitrogens with one attached hydrogen (secondary N) is 1. The van der Waals surface area contributed by atoms with Crippen molar-refractivity contribution in [2.45, 2.75) is 12.8 Å². The summed E-state index contributed by atoms with van der Waals surface area (Å²) in [6, 6.07) is 0. The van der Waals surface area contributed by atoms with Gasteiger partial charge in [0.1, 0.15) is 0 Å². The predicted octanol–water partition coefficient (Wildman–Crippen LogP) is 0.543. The van der Waals surface area contributed by atoms with Gasteiger partial charge >= 0.3 is 0 Å². The van der Waals surface area contributed by atoms with Gasteiger partial charge in [-0.05, 0) is 25.3 Å². The van der Waals surface area contributed by atoms with Crippen molar-refractivity contribution < 1.29 is 9.90 Å². The molecular formula is C7H10NO2. The maximum absolute atomic E-state index is 10.7. The number of aliphatic hydroxyl groups is 1. The summed E-state index contributed by atoms with van der Waals surface area (Å²) in [5.41, 5.74) is 0.753. The molecule has 1 amide bonds. The first-order chi connectivity index (χ1) is 4.75. The maximum atomic E-state index is 10.7. The van der Waals surface area contributed by atoms with Gasteiger partial charge < -0.3 is 10.4 Å². The second kappa shape index (κ2) is 2.73. The molecule has 0 unspecified atom stereocenters. The lowest BCUT2D eigenvalue weighted by Crippen LogP contribution is -2.31. The van der Waals surface area contributed by atoms with E-state index in [0.29, 0.717) is 13.0 Å². The molecule has 1 aliphatic rings. The van der Waals surface area contributed by atoms with E-state index in [1.54, 1.807) is 0 Å². The molecular weight excluding hydrogens is 130 g/mol. The van der Waals surface area contributed by atoms with Crippen LogP contribution in [0.3, 0.4) is 0 Å². The third kappa shape index (κ3) is 1.12. The molecule has 0 aromatic carbocycles. The van der Waals surface area contributed by atoms with Crippen LogP contribution in [0.4, 0.5) is 0 Å². The van der Waals surface area contributed by atoms with Gasteiger partial charge in [0.05, 0.1) is 0 Å². The molecule has 0 saturated carbocycles.